The monoisotopic (exact) mass is 411 g/mol. The molecule has 0 aliphatic heterocycles. The quantitative estimate of drug-likeness (QED) is 0.653. The molecule has 26 heavy (non-hydrogen) atoms. The van der Waals surface area contributed by atoms with Gasteiger partial charge in [-0.2, -0.15) is 5.26 Å². The van der Waals surface area contributed by atoms with Crippen LogP contribution in [0.3, 0.4) is 0 Å². The number of carbonyl (C=O) groups excluding carboxylic acids is 2. The molecule has 1 aromatic carbocycles. The van der Waals surface area contributed by atoms with E-state index in [9.17, 15) is 14.9 Å². The summed E-state index contributed by atoms with van der Waals surface area (Å²) in [7, 11) is 0. The molecule has 0 aliphatic rings. The lowest BCUT2D eigenvalue weighted by atomic mass is 10.2. The summed E-state index contributed by atoms with van der Waals surface area (Å²) in [6, 6.07) is 14.4. The summed E-state index contributed by atoms with van der Waals surface area (Å²) < 4.78 is 7.85. The van der Waals surface area contributed by atoms with Gasteiger partial charge in [0.2, 0.25) is 0 Å². The summed E-state index contributed by atoms with van der Waals surface area (Å²) in [4.78, 5) is 23.9. The molecule has 3 aromatic rings. The maximum atomic E-state index is 12.0. The van der Waals surface area contributed by atoms with Crippen LogP contribution in [-0.4, -0.2) is 22.8 Å². The first-order chi connectivity index (χ1) is 12.6. The smallest absolute Gasteiger partial charge is 0.325 e. The molecule has 0 aliphatic carbocycles. The Morgan fingerprint density at radius 3 is 2.69 bits per heavy atom. The van der Waals surface area contributed by atoms with Gasteiger partial charge in [-0.1, -0.05) is 22.0 Å². The van der Waals surface area contributed by atoms with E-state index in [1.165, 1.54) is 0 Å². The molecule has 0 saturated carbocycles. The SMILES string of the molecule is N#Cc1c(COC(=O)CNC(=O)c2ccc(Br)cc2)cn2ccccc12. The second-order valence-corrected chi connectivity index (χ2v) is 6.40. The summed E-state index contributed by atoms with van der Waals surface area (Å²) in [6.45, 7) is -0.276. The average Bonchev–Trinajstić information content (AvgIpc) is 3.02. The van der Waals surface area contributed by atoms with Gasteiger partial charge in [0, 0.05) is 28.0 Å². The number of halogens is 1. The number of aromatic nitrogens is 1. The number of esters is 1. The van der Waals surface area contributed by atoms with E-state index in [1.807, 2.05) is 24.4 Å². The molecule has 1 N–H and O–H groups in total. The van der Waals surface area contributed by atoms with Crippen molar-refractivity contribution < 1.29 is 14.3 Å². The number of ether oxygens (including phenoxy) is 1. The molecular formula is C19H14BrN3O3. The minimum Gasteiger partial charge on any atom is -0.459 e. The Kier molecular flexibility index (Phi) is 5.34. The van der Waals surface area contributed by atoms with E-state index in [1.54, 1.807) is 34.9 Å². The van der Waals surface area contributed by atoms with Crippen LogP contribution < -0.4 is 5.32 Å². The maximum Gasteiger partial charge on any atom is 0.325 e. The zero-order valence-electron chi connectivity index (χ0n) is 13.6. The van der Waals surface area contributed by atoms with Crippen molar-refractivity contribution in [3.63, 3.8) is 0 Å². The molecule has 0 fully saturated rings. The lowest BCUT2D eigenvalue weighted by Crippen LogP contribution is -2.30. The highest BCUT2D eigenvalue weighted by Crippen LogP contribution is 2.18. The van der Waals surface area contributed by atoms with Crippen LogP contribution >= 0.6 is 15.9 Å². The van der Waals surface area contributed by atoms with Crippen molar-refractivity contribution in [3.05, 3.63) is 76.0 Å². The standard InChI is InChI=1S/C19H14BrN3O3/c20-15-6-4-13(5-7-15)19(25)22-10-18(24)26-12-14-11-23-8-2-1-3-17(23)16(14)9-21/h1-8,11H,10,12H2,(H,22,25). The van der Waals surface area contributed by atoms with Crippen molar-refractivity contribution in [1.82, 2.24) is 9.72 Å². The molecular weight excluding hydrogens is 398 g/mol. The zero-order valence-corrected chi connectivity index (χ0v) is 15.2. The zero-order chi connectivity index (χ0) is 18.5. The molecule has 1 amide bonds. The van der Waals surface area contributed by atoms with Crippen LogP contribution in [0.25, 0.3) is 5.52 Å². The summed E-state index contributed by atoms with van der Waals surface area (Å²) in [5.41, 5.74) is 2.29. The second kappa shape index (κ2) is 7.85. The van der Waals surface area contributed by atoms with E-state index < -0.39 is 5.97 Å². The fourth-order valence-electron chi connectivity index (χ4n) is 2.48. The van der Waals surface area contributed by atoms with E-state index >= 15 is 0 Å². The highest BCUT2D eigenvalue weighted by atomic mass is 79.9. The number of pyridine rings is 1. The second-order valence-electron chi connectivity index (χ2n) is 5.48. The van der Waals surface area contributed by atoms with E-state index in [0.29, 0.717) is 16.7 Å². The van der Waals surface area contributed by atoms with Crippen molar-refractivity contribution in [3.8, 4) is 6.07 Å². The molecule has 0 radical (unpaired) electrons. The Morgan fingerprint density at radius 1 is 1.19 bits per heavy atom. The molecule has 2 aromatic heterocycles. The van der Waals surface area contributed by atoms with Crippen LogP contribution in [0.2, 0.25) is 0 Å². The van der Waals surface area contributed by atoms with Crippen molar-refractivity contribution in [2.75, 3.05) is 6.54 Å². The molecule has 3 rings (SSSR count). The Labute approximate surface area is 158 Å². The summed E-state index contributed by atoms with van der Waals surface area (Å²) >= 11 is 3.29. The summed E-state index contributed by atoms with van der Waals surface area (Å²) in [5.74, 6) is -0.934. The van der Waals surface area contributed by atoms with Gasteiger partial charge in [-0.3, -0.25) is 9.59 Å². The number of rotatable bonds is 5. The molecule has 6 nitrogen and oxygen atoms in total. The first-order valence-electron chi connectivity index (χ1n) is 7.76. The van der Waals surface area contributed by atoms with E-state index in [2.05, 4.69) is 27.3 Å². The number of nitrogens with one attached hydrogen (secondary N) is 1. The lowest BCUT2D eigenvalue weighted by molar-refractivity contribution is -0.143. The highest BCUT2D eigenvalue weighted by Gasteiger charge is 2.13. The number of nitriles is 1. The van der Waals surface area contributed by atoms with Crippen molar-refractivity contribution >= 4 is 33.3 Å². The third-order valence-corrected chi connectivity index (χ3v) is 4.29. The molecule has 130 valence electrons. The predicted octanol–water partition coefficient (Wildman–Crippen LogP) is 3.05. The number of hydrogen-bond donors (Lipinski definition) is 1. The van der Waals surface area contributed by atoms with Gasteiger partial charge < -0.3 is 14.5 Å². The van der Waals surface area contributed by atoms with E-state index in [4.69, 9.17) is 4.74 Å². The van der Waals surface area contributed by atoms with Crippen LogP contribution in [0.5, 0.6) is 0 Å². The third-order valence-electron chi connectivity index (χ3n) is 3.76. The first kappa shape index (κ1) is 17.7. The van der Waals surface area contributed by atoms with Crippen molar-refractivity contribution in [2.45, 2.75) is 6.61 Å². The molecule has 2 heterocycles. The third kappa shape index (κ3) is 3.92. The Hall–Kier alpha value is -3.11. The minimum absolute atomic E-state index is 0.0302. The van der Waals surface area contributed by atoms with Crippen LogP contribution in [0.4, 0.5) is 0 Å². The number of carbonyl (C=O) groups is 2. The topological polar surface area (TPSA) is 83.6 Å². The Bertz CT molecular complexity index is 1000. The Morgan fingerprint density at radius 2 is 1.96 bits per heavy atom. The van der Waals surface area contributed by atoms with E-state index in [0.717, 1.165) is 9.99 Å². The predicted molar refractivity (Wildman–Crippen MR) is 98.4 cm³/mol. The van der Waals surface area contributed by atoms with Gasteiger partial charge >= 0.3 is 5.97 Å². The number of amides is 1. The van der Waals surface area contributed by atoms with Crippen LogP contribution in [0, 0.1) is 11.3 Å². The average molecular weight is 412 g/mol. The van der Waals surface area contributed by atoms with Gasteiger partial charge in [0.15, 0.2) is 0 Å². The lowest BCUT2D eigenvalue weighted by Gasteiger charge is -2.06. The minimum atomic E-state index is -0.574. The number of fused-ring (bicyclic) bond motifs is 1. The molecule has 0 unspecified atom stereocenters. The van der Waals surface area contributed by atoms with Gasteiger partial charge in [0.25, 0.3) is 5.91 Å². The number of benzene rings is 1. The van der Waals surface area contributed by atoms with E-state index in [-0.39, 0.29) is 19.1 Å². The molecule has 7 heteroatoms. The fraction of sp³-hybridized carbons (Fsp3) is 0.105. The molecule has 0 atom stereocenters. The molecule has 0 bridgehead atoms. The molecule has 0 spiro atoms. The first-order valence-corrected chi connectivity index (χ1v) is 8.56. The normalized spacial score (nSPS) is 10.3. The van der Waals surface area contributed by atoms with Gasteiger partial charge in [0.1, 0.15) is 19.2 Å². The van der Waals surface area contributed by atoms with Gasteiger partial charge in [-0.25, -0.2) is 0 Å². The largest absolute Gasteiger partial charge is 0.459 e. The van der Waals surface area contributed by atoms with Crippen molar-refractivity contribution in [2.24, 2.45) is 0 Å². The van der Waals surface area contributed by atoms with Crippen LogP contribution in [0.1, 0.15) is 21.5 Å². The van der Waals surface area contributed by atoms with Gasteiger partial charge in [0.05, 0.1) is 11.1 Å². The molecule has 0 saturated heterocycles. The number of nitrogens with zero attached hydrogens (tertiary/aromatic N) is 2. The Balaban J connectivity index is 1.57. The van der Waals surface area contributed by atoms with Gasteiger partial charge in [-0.15, -0.1) is 0 Å². The van der Waals surface area contributed by atoms with Gasteiger partial charge in [-0.05, 0) is 36.4 Å². The van der Waals surface area contributed by atoms with Crippen molar-refractivity contribution in [1.29, 1.82) is 5.26 Å². The fourth-order valence-corrected chi connectivity index (χ4v) is 2.75. The van der Waals surface area contributed by atoms with Crippen LogP contribution in [0.15, 0.2) is 59.3 Å². The summed E-state index contributed by atoms with van der Waals surface area (Å²) in [5, 5.41) is 11.8. The number of hydrogen-bond acceptors (Lipinski definition) is 4. The highest BCUT2D eigenvalue weighted by molar-refractivity contribution is 9.10. The maximum absolute atomic E-state index is 12.0. The summed E-state index contributed by atoms with van der Waals surface area (Å²) in [6.07, 6.45) is 3.57. The van der Waals surface area contributed by atoms with Crippen LogP contribution in [-0.2, 0) is 16.1 Å².